The smallest absolute Gasteiger partial charge is 0.321 e. The van der Waals surface area contributed by atoms with Gasteiger partial charge in [-0.3, -0.25) is 9.69 Å². The van der Waals surface area contributed by atoms with Crippen LogP contribution in [0.5, 0.6) is 0 Å². The quantitative estimate of drug-likeness (QED) is 0.732. The summed E-state index contributed by atoms with van der Waals surface area (Å²) < 4.78 is 0. The van der Waals surface area contributed by atoms with Crippen molar-refractivity contribution in [1.82, 2.24) is 9.97 Å². The van der Waals surface area contributed by atoms with Crippen LogP contribution in [-0.2, 0) is 6.42 Å². The summed E-state index contributed by atoms with van der Waals surface area (Å²) >= 11 is 0. The molecule has 19 heavy (non-hydrogen) atoms. The molecule has 0 aliphatic heterocycles. The van der Waals surface area contributed by atoms with Gasteiger partial charge in [0, 0.05) is 18.3 Å². The monoisotopic (exact) mass is 264 g/mol. The van der Waals surface area contributed by atoms with E-state index >= 15 is 0 Å². The van der Waals surface area contributed by atoms with Crippen LogP contribution in [0.25, 0.3) is 0 Å². The van der Waals surface area contributed by atoms with E-state index < -0.39 is 6.03 Å². The molecule has 6 heteroatoms. The Bertz CT molecular complexity index is 496. The zero-order valence-electron chi connectivity index (χ0n) is 11.2. The van der Waals surface area contributed by atoms with Gasteiger partial charge in [-0.05, 0) is 19.3 Å². The third kappa shape index (κ3) is 4.57. The van der Waals surface area contributed by atoms with Crippen LogP contribution in [-0.4, -0.2) is 22.5 Å². The lowest BCUT2D eigenvalue weighted by Crippen LogP contribution is -2.38. The topological polar surface area (TPSA) is 92.1 Å². The van der Waals surface area contributed by atoms with E-state index in [9.17, 15) is 9.59 Å². The molecule has 0 aromatic carbocycles. The van der Waals surface area contributed by atoms with E-state index in [1.807, 2.05) is 6.92 Å². The minimum absolute atomic E-state index is 0.215. The van der Waals surface area contributed by atoms with E-state index in [1.165, 1.54) is 11.0 Å². The van der Waals surface area contributed by atoms with Gasteiger partial charge in [-0.2, -0.15) is 4.98 Å². The van der Waals surface area contributed by atoms with Gasteiger partial charge in [0.15, 0.2) is 0 Å². The molecule has 0 unspecified atom stereocenters. The first-order valence-electron chi connectivity index (χ1n) is 6.36. The molecular formula is C13H20N4O2. The van der Waals surface area contributed by atoms with Gasteiger partial charge in [0.05, 0.1) is 0 Å². The van der Waals surface area contributed by atoms with E-state index in [0.29, 0.717) is 13.0 Å². The van der Waals surface area contributed by atoms with Gasteiger partial charge in [0.1, 0.15) is 0 Å². The summed E-state index contributed by atoms with van der Waals surface area (Å²) in [5.41, 5.74) is 5.66. The molecule has 0 atom stereocenters. The summed E-state index contributed by atoms with van der Waals surface area (Å²) in [7, 11) is 0. The summed E-state index contributed by atoms with van der Waals surface area (Å²) in [4.78, 5) is 31.0. The van der Waals surface area contributed by atoms with Gasteiger partial charge in [0.2, 0.25) is 5.95 Å². The Morgan fingerprint density at radius 1 is 1.63 bits per heavy atom. The number of nitrogens with zero attached hydrogens (tertiary/aromatic N) is 2. The molecule has 0 aliphatic carbocycles. The summed E-state index contributed by atoms with van der Waals surface area (Å²) in [5, 5.41) is 0. The van der Waals surface area contributed by atoms with Crippen LogP contribution in [0, 0.1) is 0 Å². The van der Waals surface area contributed by atoms with Crippen LogP contribution in [0.2, 0.25) is 0 Å². The number of anilines is 1. The largest absolute Gasteiger partial charge is 0.351 e. The predicted octanol–water partition coefficient (Wildman–Crippen LogP) is 1.57. The van der Waals surface area contributed by atoms with E-state index in [1.54, 1.807) is 6.08 Å². The molecule has 104 valence electrons. The first-order chi connectivity index (χ1) is 9.08. The minimum atomic E-state index is -0.613. The number of primary amides is 1. The van der Waals surface area contributed by atoms with Crippen molar-refractivity contribution in [3.8, 4) is 0 Å². The minimum Gasteiger partial charge on any atom is -0.351 e. The van der Waals surface area contributed by atoms with Gasteiger partial charge in [-0.1, -0.05) is 19.4 Å². The lowest BCUT2D eigenvalue weighted by molar-refractivity contribution is 0.253. The number of aromatic amines is 1. The molecule has 0 aliphatic rings. The van der Waals surface area contributed by atoms with Gasteiger partial charge in [0.25, 0.3) is 5.56 Å². The standard InChI is InChI=1S/C13H20N4O2/c1-3-5-7-10-9-11(18)16-13(15-10)17(12(14)19)8-6-4-2/h3,9H,1,4-8H2,2H3,(H2,14,19)(H,15,16,18). The summed E-state index contributed by atoms with van der Waals surface area (Å²) in [5.74, 6) is 0.215. The molecule has 3 N–H and O–H groups in total. The van der Waals surface area contributed by atoms with E-state index in [0.717, 1.165) is 25.0 Å². The number of urea groups is 1. The summed E-state index contributed by atoms with van der Waals surface area (Å²) in [6, 6.07) is 0.809. The Hall–Kier alpha value is -2.11. The molecule has 1 rings (SSSR count). The molecule has 1 aromatic heterocycles. The molecule has 0 saturated heterocycles. The maximum Gasteiger partial charge on any atom is 0.321 e. The molecule has 6 nitrogen and oxygen atoms in total. The first kappa shape index (κ1) is 14.9. The zero-order valence-corrected chi connectivity index (χ0v) is 11.2. The lowest BCUT2D eigenvalue weighted by Gasteiger charge is -2.19. The number of hydrogen-bond donors (Lipinski definition) is 2. The van der Waals surface area contributed by atoms with Crippen LogP contribution in [0.15, 0.2) is 23.5 Å². The molecular weight excluding hydrogens is 244 g/mol. The Balaban J connectivity index is 3.01. The Kier molecular flexibility index (Phi) is 5.78. The van der Waals surface area contributed by atoms with E-state index in [-0.39, 0.29) is 11.5 Å². The predicted molar refractivity (Wildman–Crippen MR) is 75.2 cm³/mol. The summed E-state index contributed by atoms with van der Waals surface area (Å²) in [6.07, 6.45) is 4.87. The molecule has 1 aromatic rings. The molecule has 0 radical (unpaired) electrons. The van der Waals surface area contributed by atoms with Gasteiger partial charge < -0.3 is 10.7 Å². The lowest BCUT2D eigenvalue weighted by atomic mass is 10.2. The number of carbonyl (C=O) groups excluding carboxylic acids is 1. The number of unbranched alkanes of at least 4 members (excludes halogenated alkanes) is 1. The number of aromatic nitrogens is 2. The molecule has 0 saturated carbocycles. The van der Waals surface area contributed by atoms with Crippen molar-refractivity contribution in [2.45, 2.75) is 32.6 Å². The second-order valence-electron chi connectivity index (χ2n) is 4.24. The maximum atomic E-state index is 11.5. The van der Waals surface area contributed by atoms with E-state index in [2.05, 4.69) is 16.5 Å². The third-order valence-corrected chi connectivity index (χ3v) is 2.66. The fourth-order valence-electron chi connectivity index (χ4n) is 1.65. The van der Waals surface area contributed by atoms with Gasteiger partial charge in [-0.15, -0.1) is 6.58 Å². The number of carbonyl (C=O) groups is 1. The van der Waals surface area contributed by atoms with Crippen molar-refractivity contribution >= 4 is 12.0 Å². The number of hydrogen-bond acceptors (Lipinski definition) is 3. The van der Waals surface area contributed by atoms with Crippen LogP contribution in [0.1, 0.15) is 31.9 Å². The van der Waals surface area contributed by atoms with Gasteiger partial charge >= 0.3 is 6.03 Å². The highest BCUT2D eigenvalue weighted by atomic mass is 16.2. The number of amides is 2. The van der Waals surface area contributed by atoms with Crippen LogP contribution in [0.3, 0.4) is 0 Å². The maximum absolute atomic E-state index is 11.5. The Labute approximate surface area is 112 Å². The first-order valence-corrected chi connectivity index (χ1v) is 6.36. The van der Waals surface area contributed by atoms with Crippen molar-refractivity contribution in [1.29, 1.82) is 0 Å². The van der Waals surface area contributed by atoms with Crippen molar-refractivity contribution in [3.05, 3.63) is 34.8 Å². The average molecular weight is 264 g/mol. The zero-order chi connectivity index (χ0) is 14.3. The highest BCUT2D eigenvalue weighted by molar-refractivity contribution is 5.88. The molecule has 0 spiro atoms. The fraction of sp³-hybridized carbons (Fsp3) is 0.462. The van der Waals surface area contributed by atoms with Crippen molar-refractivity contribution < 1.29 is 4.79 Å². The number of aryl methyl sites for hydroxylation is 1. The molecule has 2 amide bonds. The normalized spacial score (nSPS) is 10.2. The van der Waals surface area contributed by atoms with Crippen molar-refractivity contribution in [3.63, 3.8) is 0 Å². The molecule has 1 heterocycles. The van der Waals surface area contributed by atoms with Crippen molar-refractivity contribution in [2.75, 3.05) is 11.4 Å². The number of rotatable bonds is 7. The Morgan fingerprint density at radius 3 is 2.95 bits per heavy atom. The SMILES string of the molecule is C=CCCc1cc(=O)nc(N(CCCC)C(N)=O)[nH]1. The third-order valence-electron chi connectivity index (χ3n) is 2.66. The molecule has 0 fully saturated rings. The second kappa shape index (κ2) is 7.35. The highest BCUT2D eigenvalue weighted by Gasteiger charge is 2.15. The van der Waals surface area contributed by atoms with Crippen molar-refractivity contribution in [2.24, 2.45) is 5.73 Å². The van der Waals surface area contributed by atoms with Gasteiger partial charge in [-0.25, -0.2) is 4.79 Å². The number of H-pyrrole nitrogens is 1. The van der Waals surface area contributed by atoms with Crippen LogP contribution in [0.4, 0.5) is 10.7 Å². The van der Waals surface area contributed by atoms with Crippen LogP contribution < -0.4 is 16.2 Å². The fourth-order valence-corrected chi connectivity index (χ4v) is 1.65. The second-order valence-corrected chi connectivity index (χ2v) is 4.24. The highest BCUT2D eigenvalue weighted by Crippen LogP contribution is 2.08. The van der Waals surface area contributed by atoms with Crippen LogP contribution >= 0.6 is 0 Å². The number of allylic oxidation sites excluding steroid dienone is 1. The van der Waals surface area contributed by atoms with E-state index in [4.69, 9.17) is 5.73 Å². The Morgan fingerprint density at radius 2 is 2.37 bits per heavy atom. The molecule has 0 bridgehead atoms. The average Bonchev–Trinajstić information content (AvgIpc) is 2.36. The number of nitrogens with one attached hydrogen (secondary N) is 1. The number of nitrogens with two attached hydrogens (primary N) is 1. The summed E-state index contributed by atoms with van der Waals surface area (Å²) in [6.45, 7) is 6.09.